The van der Waals surface area contributed by atoms with E-state index in [0.29, 0.717) is 0 Å². The summed E-state index contributed by atoms with van der Waals surface area (Å²) in [5, 5.41) is 0. The van der Waals surface area contributed by atoms with Gasteiger partial charge >= 0.3 is 0 Å². The van der Waals surface area contributed by atoms with Gasteiger partial charge in [-0.2, -0.15) is 0 Å². The zero-order valence-electron chi connectivity index (χ0n) is 10.7. The number of furan rings is 2. The van der Waals surface area contributed by atoms with Gasteiger partial charge < -0.3 is 8.83 Å². The van der Waals surface area contributed by atoms with Gasteiger partial charge in [0.2, 0.25) is 0 Å². The van der Waals surface area contributed by atoms with Gasteiger partial charge in [-0.1, -0.05) is 60.7 Å². The number of rotatable bonds is 2. The Morgan fingerprint density at radius 2 is 1.35 bits per heavy atom. The van der Waals surface area contributed by atoms with Crippen molar-refractivity contribution in [3.05, 3.63) is 73.0 Å². The SMILES string of the molecule is c1ccc(-c2cc3occ(-c4ccccc4)c3o2)cc1. The van der Waals surface area contributed by atoms with Crippen molar-refractivity contribution in [1.29, 1.82) is 0 Å². The van der Waals surface area contributed by atoms with Crippen molar-refractivity contribution < 1.29 is 8.83 Å². The molecule has 0 saturated carbocycles. The quantitative estimate of drug-likeness (QED) is 0.485. The molecule has 4 aromatic rings. The van der Waals surface area contributed by atoms with Crippen molar-refractivity contribution in [3.63, 3.8) is 0 Å². The maximum absolute atomic E-state index is 5.99. The molecule has 0 N–H and O–H groups in total. The van der Waals surface area contributed by atoms with Crippen LogP contribution in [0.25, 0.3) is 33.6 Å². The Morgan fingerprint density at radius 1 is 0.700 bits per heavy atom. The lowest BCUT2D eigenvalue weighted by Gasteiger charge is -1.97. The summed E-state index contributed by atoms with van der Waals surface area (Å²) < 4.78 is 11.6. The molecule has 20 heavy (non-hydrogen) atoms. The van der Waals surface area contributed by atoms with E-state index in [2.05, 4.69) is 12.1 Å². The van der Waals surface area contributed by atoms with Crippen molar-refractivity contribution in [2.24, 2.45) is 0 Å². The Labute approximate surface area is 116 Å². The van der Waals surface area contributed by atoms with E-state index in [1.54, 1.807) is 6.26 Å². The van der Waals surface area contributed by atoms with Crippen LogP contribution in [0.2, 0.25) is 0 Å². The predicted octanol–water partition coefficient (Wildman–Crippen LogP) is 5.36. The molecule has 0 bridgehead atoms. The molecule has 0 aliphatic heterocycles. The van der Waals surface area contributed by atoms with Gasteiger partial charge in [0, 0.05) is 11.6 Å². The van der Waals surface area contributed by atoms with Crippen molar-refractivity contribution in [2.75, 3.05) is 0 Å². The second-order valence-electron chi connectivity index (χ2n) is 4.69. The molecule has 0 aliphatic carbocycles. The minimum absolute atomic E-state index is 0.780. The lowest BCUT2D eigenvalue weighted by atomic mass is 10.1. The van der Waals surface area contributed by atoms with Crippen molar-refractivity contribution in [1.82, 2.24) is 0 Å². The molecular formula is C18H12O2. The summed E-state index contributed by atoms with van der Waals surface area (Å²) in [5.74, 6) is 0.831. The summed E-state index contributed by atoms with van der Waals surface area (Å²) in [6, 6.07) is 22.1. The molecule has 2 aromatic carbocycles. The van der Waals surface area contributed by atoms with Gasteiger partial charge in [0.25, 0.3) is 0 Å². The molecule has 96 valence electrons. The zero-order valence-corrected chi connectivity index (χ0v) is 10.7. The Kier molecular flexibility index (Phi) is 2.46. The standard InChI is InChI=1S/C18H12O2/c1-3-7-13(8-4-1)15-12-19-17-11-16(20-18(15)17)14-9-5-2-6-10-14/h1-12H. The summed E-state index contributed by atoms with van der Waals surface area (Å²) >= 11 is 0. The molecule has 0 unspecified atom stereocenters. The number of hydrogen-bond acceptors (Lipinski definition) is 2. The molecular weight excluding hydrogens is 248 g/mol. The van der Waals surface area contributed by atoms with Gasteiger partial charge in [0.15, 0.2) is 11.2 Å². The maximum atomic E-state index is 5.99. The average molecular weight is 260 g/mol. The summed E-state index contributed by atoms with van der Waals surface area (Å²) in [6.07, 6.45) is 1.75. The van der Waals surface area contributed by atoms with Gasteiger partial charge in [-0.25, -0.2) is 0 Å². The van der Waals surface area contributed by atoms with Crippen LogP contribution in [0, 0.1) is 0 Å². The maximum Gasteiger partial charge on any atom is 0.181 e. The summed E-state index contributed by atoms with van der Waals surface area (Å²) in [7, 11) is 0. The highest BCUT2D eigenvalue weighted by atomic mass is 16.4. The first-order valence-electron chi connectivity index (χ1n) is 6.54. The first-order valence-corrected chi connectivity index (χ1v) is 6.54. The molecule has 0 amide bonds. The lowest BCUT2D eigenvalue weighted by Crippen LogP contribution is -1.73. The molecule has 4 rings (SSSR count). The molecule has 0 spiro atoms. The highest BCUT2D eigenvalue weighted by molar-refractivity contribution is 5.91. The number of hydrogen-bond donors (Lipinski definition) is 0. The highest BCUT2D eigenvalue weighted by Crippen LogP contribution is 2.35. The van der Waals surface area contributed by atoms with Crippen LogP contribution < -0.4 is 0 Å². The monoisotopic (exact) mass is 260 g/mol. The molecule has 0 atom stereocenters. The summed E-state index contributed by atoms with van der Waals surface area (Å²) in [5.41, 5.74) is 4.72. The minimum Gasteiger partial charge on any atom is -0.460 e. The van der Waals surface area contributed by atoms with Crippen LogP contribution in [0.1, 0.15) is 0 Å². The van der Waals surface area contributed by atoms with Crippen LogP contribution in [0.15, 0.2) is 81.8 Å². The van der Waals surface area contributed by atoms with Crippen LogP contribution in [0.3, 0.4) is 0 Å². The van der Waals surface area contributed by atoms with Crippen molar-refractivity contribution >= 4 is 11.2 Å². The third-order valence-corrected chi connectivity index (χ3v) is 3.39. The van der Waals surface area contributed by atoms with Crippen LogP contribution >= 0.6 is 0 Å². The molecule has 2 aromatic heterocycles. The van der Waals surface area contributed by atoms with E-state index in [1.165, 1.54) is 0 Å². The van der Waals surface area contributed by atoms with Crippen LogP contribution in [-0.2, 0) is 0 Å². The first-order chi connectivity index (χ1) is 9.92. The van der Waals surface area contributed by atoms with Crippen LogP contribution in [0.5, 0.6) is 0 Å². The number of benzene rings is 2. The van der Waals surface area contributed by atoms with E-state index in [4.69, 9.17) is 8.83 Å². The van der Waals surface area contributed by atoms with E-state index in [-0.39, 0.29) is 0 Å². The van der Waals surface area contributed by atoms with E-state index in [0.717, 1.165) is 33.6 Å². The third-order valence-electron chi connectivity index (χ3n) is 3.39. The molecule has 0 radical (unpaired) electrons. The third kappa shape index (κ3) is 1.74. The fourth-order valence-electron chi connectivity index (χ4n) is 2.39. The van der Waals surface area contributed by atoms with Gasteiger partial charge in [0.1, 0.15) is 12.0 Å². The largest absolute Gasteiger partial charge is 0.460 e. The molecule has 0 fully saturated rings. The summed E-state index contributed by atoms with van der Waals surface area (Å²) in [6.45, 7) is 0. The van der Waals surface area contributed by atoms with Crippen molar-refractivity contribution in [3.8, 4) is 22.5 Å². The Balaban J connectivity index is 1.88. The van der Waals surface area contributed by atoms with E-state index in [9.17, 15) is 0 Å². The average Bonchev–Trinajstić information content (AvgIpc) is 3.09. The van der Waals surface area contributed by atoms with Gasteiger partial charge in [-0.15, -0.1) is 0 Å². The zero-order chi connectivity index (χ0) is 13.4. The Morgan fingerprint density at radius 3 is 2.05 bits per heavy atom. The predicted molar refractivity (Wildman–Crippen MR) is 79.4 cm³/mol. The van der Waals surface area contributed by atoms with E-state index < -0.39 is 0 Å². The fourth-order valence-corrected chi connectivity index (χ4v) is 2.39. The second-order valence-corrected chi connectivity index (χ2v) is 4.69. The summed E-state index contributed by atoms with van der Waals surface area (Å²) in [4.78, 5) is 0. The number of fused-ring (bicyclic) bond motifs is 1. The first kappa shape index (κ1) is 11.1. The Bertz CT molecular complexity index is 839. The Hall–Kier alpha value is -2.74. The van der Waals surface area contributed by atoms with Crippen LogP contribution in [0.4, 0.5) is 0 Å². The van der Waals surface area contributed by atoms with Crippen LogP contribution in [-0.4, -0.2) is 0 Å². The second kappa shape index (κ2) is 4.42. The minimum atomic E-state index is 0.780. The van der Waals surface area contributed by atoms with Gasteiger partial charge in [-0.05, 0) is 5.56 Å². The topological polar surface area (TPSA) is 26.3 Å². The van der Waals surface area contributed by atoms with Gasteiger partial charge in [0.05, 0.1) is 5.56 Å². The highest BCUT2D eigenvalue weighted by Gasteiger charge is 2.14. The lowest BCUT2D eigenvalue weighted by molar-refractivity contribution is 0.613. The molecule has 0 saturated heterocycles. The van der Waals surface area contributed by atoms with Crippen molar-refractivity contribution in [2.45, 2.75) is 0 Å². The van der Waals surface area contributed by atoms with E-state index >= 15 is 0 Å². The molecule has 0 aliphatic rings. The molecule has 2 heteroatoms. The molecule has 2 heterocycles. The van der Waals surface area contributed by atoms with E-state index in [1.807, 2.05) is 54.6 Å². The van der Waals surface area contributed by atoms with Gasteiger partial charge in [-0.3, -0.25) is 0 Å². The normalized spacial score (nSPS) is 11.0. The smallest absolute Gasteiger partial charge is 0.181 e. The molecule has 2 nitrogen and oxygen atoms in total. The fraction of sp³-hybridized carbons (Fsp3) is 0.